The lowest BCUT2D eigenvalue weighted by atomic mass is 9.82. The van der Waals surface area contributed by atoms with Gasteiger partial charge in [0.2, 0.25) is 5.91 Å². The number of rotatable bonds is 4. The lowest BCUT2D eigenvalue weighted by Gasteiger charge is -2.37. The van der Waals surface area contributed by atoms with Crippen molar-refractivity contribution in [3.63, 3.8) is 0 Å². The van der Waals surface area contributed by atoms with Gasteiger partial charge in [-0.25, -0.2) is 0 Å². The molecule has 0 bridgehead atoms. The third-order valence-corrected chi connectivity index (χ3v) is 3.52. The van der Waals surface area contributed by atoms with Crippen molar-refractivity contribution in [2.75, 3.05) is 6.61 Å². The molecule has 0 spiro atoms. The lowest BCUT2D eigenvalue weighted by Crippen LogP contribution is -2.57. The van der Waals surface area contributed by atoms with Crippen LogP contribution >= 0.6 is 0 Å². The maximum absolute atomic E-state index is 11.9. The van der Waals surface area contributed by atoms with E-state index in [-0.39, 0.29) is 18.4 Å². The first kappa shape index (κ1) is 13.5. The summed E-state index contributed by atoms with van der Waals surface area (Å²) in [6.07, 6.45) is 5.05. The molecule has 1 rings (SSSR count). The highest BCUT2D eigenvalue weighted by Gasteiger charge is 2.34. The van der Waals surface area contributed by atoms with Gasteiger partial charge in [0.1, 0.15) is 0 Å². The topological polar surface area (TPSA) is 75.4 Å². The molecule has 0 heterocycles. The van der Waals surface area contributed by atoms with Gasteiger partial charge < -0.3 is 16.2 Å². The van der Waals surface area contributed by atoms with Crippen molar-refractivity contribution in [1.29, 1.82) is 0 Å². The number of hydrogen-bond donors (Lipinski definition) is 3. The number of hydrogen-bond acceptors (Lipinski definition) is 3. The second-order valence-electron chi connectivity index (χ2n) is 5.26. The highest BCUT2D eigenvalue weighted by atomic mass is 16.3. The van der Waals surface area contributed by atoms with Crippen LogP contribution in [0.3, 0.4) is 0 Å². The predicted octanol–water partition coefficient (Wildman–Crippen LogP) is 0.781. The zero-order valence-corrected chi connectivity index (χ0v) is 10.3. The molecule has 0 radical (unpaired) electrons. The lowest BCUT2D eigenvalue weighted by molar-refractivity contribution is -0.126. The van der Waals surface area contributed by atoms with Gasteiger partial charge in [-0.05, 0) is 18.8 Å². The summed E-state index contributed by atoms with van der Waals surface area (Å²) < 4.78 is 0. The monoisotopic (exact) mass is 228 g/mol. The van der Waals surface area contributed by atoms with Gasteiger partial charge in [-0.15, -0.1) is 0 Å². The van der Waals surface area contributed by atoms with Gasteiger partial charge in [-0.1, -0.05) is 33.1 Å². The standard InChI is InChI=1S/C12H24N2O2/c1-9(2)10(13)11(16)14-12(8-15)6-4-3-5-7-12/h9-10,15H,3-8,13H2,1-2H3,(H,14,16)/t10-/m0/s1. The van der Waals surface area contributed by atoms with Crippen molar-refractivity contribution in [3.05, 3.63) is 0 Å². The first-order valence-electron chi connectivity index (χ1n) is 6.19. The predicted molar refractivity (Wildman–Crippen MR) is 63.9 cm³/mol. The molecule has 1 amide bonds. The Bertz CT molecular complexity index is 235. The summed E-state index contributed by atoms with van der Waals surface area (Å²) in [7, 11) is 0. The molecule has 1 aliphatic rings. The molecule has 1 saturated carbocycles. The fraction of sp³-hybridized carbons (Fsp3) is 0.917. The number of carbonyl (C=O) groups is 1. The van der Waals surface area contributed by atoms with E-state index in [1.165, 1.54) is 6.42 Å². The quantitative estimate of drug-likeness (QED) is 0.665. The van der Waals surface area contributed by atoms with Gasteiger partial charge in [0.25, 0.3) is 0 Å². The van der Waals surface area contributed by atoms with Crippen LogP contribution in [0.1, 0.15) is 46.0 Å². The summed E-state index contributed by atoms with van der Waals surface area (Å²) >= 11 is 0. The van der Waals surface area contributed by atoms with Crippen LogP contribution in [-0.4, -0.2) is 29.2 Å². The Kier molecular flexibility index (Phi) is 4.74. The van der Waals surface area contributed by atoms with Crippen LogP contribution in [0, 0.1) is 5.92 Å². The second-order valence-corrected chi connectivity index (χ2v) is 5.26. The number of aliphatic hydroxyl groups is 1. The van der Waals surface area contributed by atoms with Crippen molar-refractivity contribution in [2.45, 2.75) is 57.5 Å². The van der Waals surface area contributed by atoms with E-state index in [9.17, 15) is 9.90 Å². The van der Waals surface area contributed by atoms with Crippen molar-refractivity contribution < 1.29 is 9.90 Å². The number of nitrogens with two attached hydrogens (primary N) is 1. The van der Waals surface area contributed by atoms with Crippen molar-refractivity contribution >= 4 is 5.91 Å². The fourth-order valence-electron chi connectivity index (χ4n) is 2.20. The van der Waals surface area contributed by atoms with E-state index in [0.29, 0.717) is 0 Å². The van der Waals surface area contributed by atoms with E-state index in [1.807, 2.05) is 13.8 Å². The van der Waals surface area contributed by atoms with Gasteiger partial charge in [-0.3, -0.25) is 4.79 Å². The first-order chi connectivity index (χ1) is 7.51. The third kappa shape index (κ3) is 3.19. The maximum atomic E-state index is 11.9. The highest BCUT2D eigenvalue weighted by molar-refractivity contribution is 5.82. The molecular formula is C12H24N2O2. The second kappa shape index (κ2) is 5.64. The molecule has 0 aromatic rings. The number of carbonyl (C=O) groups excluding carboxylic acids is 1. The molecule has 0 aliphatic heterocycles. The fourth-order valence-corrected chi connectivity index (χ4v) is 2.20. The van der Waals surface area contributed by atoms with Crippen LogP contribution in [0.5, 0.6) is 0 Å². The Labute approximate surface area is 97.6 Å². The van der Waals surface area contributed by atoms with E-state index >= 15 is 0 Å². The first-order valence-corrected chi connectivity index (χ1v) is 6.19. The highest BCUT2D eigenvalue weighted by Crippen LogP contribution is 2.27. The Morgan fingerprint density at radius 3 is 2.38 bits per heavy atom. The molecule has 4 heteroatoms. The summed E-state index contributed by atoms with van der Waals surface area (Å²) in [6, 6.07) is -0.481. The van der Waals surface area contributed by atoms with E-state index in [1.54, 1.807) is 0 Å². The molecular weight excluding hydrogens is 204 g/mol. The van der Waals surface area contributed by atoms with Crippen LogP contribution in [0.2, 0.25) is 0 Å². The Morgan fingerprint density at radius 2 is 1.94 bits per heavy atom. The van der Waals surface area contributed by atoms with E-state index in [2.05, 4.69) is 5.32 Å². The van der Waals surface area contributed by atoms with Crippen LogP contribution in [0.4, 0.5) is 0 Å². The van der Waals surface area contributed by atoms with E-state index in [4.69, 9.17) is 5.73 Å². The Hall–Kier alpha value is -0.610. The van der Waals surface area contributed by atoms with Crippen molar-refractivity contribution in [3.8, 4) is 0 Å². The summed E-state index contributed by atoms with van der Waals surface area (Å²) in [4.78, 5) is 11.9. The zero-order valence-electron chi connectivity index (χ0n) is 10.3. The van der Waals surface area contributed by atoms with Gasteiger partial charge in [0.05, 0.1) is 18.2 Å². The minimum absolute atomic E-state index is 0.0174. The molecule has 0 aromatic carbocycles. The van der Waals surface area contributed by atoms with Gasteiger partial charge in [0, 0.05) is 0 Å². The minimum atomic E-state index is -0.481. The average Bonchev–Trinajstić information content (AvgIpc) is 2.29. The smallest absolute Gasteiger partial charge is 0.237 e. The third-order valence-electron chi connectivity index (χ3n) is 3.52. The normalized spacial score (nSPS) is 21.8. The van der Waals surface area contributed by atoms with Crippen LogP contribution in [0.25, 0.3) is 0 Å². The minimum Gasteiger partial charge on any atom is -0.394 e. The van der Waals surface area contributed by atoms with Crippen molar-refractivity contribution in [1.82, 2.24) is 5.32 Å². The molecule has 0 unspecified atom stereocenters. The molecule has 4 N–H and O–H groups in total. The van der Waals surface area contributed by atoms with Gasteiger partial charge in [0.15, 0.2) is 0 Å². The van der Waals surface area contributed by atoms with E-state index in [0.717, 1.165) is 25.7 Å². The zero-order chi connectivity index (χ0) is 12.2. The Morgan fingerprint density at radius 1 is 1.38 bits per heavy atom. The van der Waals surface area contributed by atoms with Gasteiger partial charge >= 0.3 is 0 Å². The number of nitrogens with one attached hydrogen (secondary N) is 1. The average molecular weight is 228 g/mol. The molecule has 4 nitrogen and oxygen atoms in total. The summed E-state index contributed by atoms with van der Waals surface area (Å²) in [5.41, 5.74) is 5.38. The van der Waals surface area contributed by atoms with E-state index < -0.39 is 11.6 Å². The molecule has 1 atom stereocenters. The van der Waals surface area contributed by atoms with Crippen LogP contribution in [-0.2, 0) is 4.79 Å². The largest absolute Gasteiger partial charge is 0.394 e. The molecule has 94 valence electrons. The Balaban J connectivity index is 2.58. The molecule has 16 heavy (non-hydrogen) atoms. The molecule has 1 aliphatic carbocycles. The summed E-state index contributed by atoms with van der Waals surface area (Å²) in [6.45, 7) is 3.87. The molecule has 0 saturated heterocycles. The maximum Gasteiger partial charge on any atom is 0.237 e. The number of aliphatic hydroxyl groups excluding tert-OH is 1. The summed E-state index contributed by atoms with van der Waals surface area (Å²) in [5.74, 6) is -0.00900. The molecule has 1 fully saturated rings. The SMILES string of the molecule is CC(C)[C@H](N)C(=O)NC1(CO)CCCCC1. The van der Waals surface area contributed by atoms with Gasteiger partial charge in [-0.2, -0.15) is 0 Å². The molecule has 0 aromatic heterocycles. The van der Waals surface area contributed by atoms with Crippen LogP contribution < -0.4 is 11.1 Å². The number of amides is 1. The van der Waals surface area contributed by atoms with Crippen molar-refractivity contribution in [2.24, 2.45) is 11.7 Å². The van der Waals surface area contributed by atoms with Crippen LogP contribution in [0.15, 0.2) is 0 Å². The summed E-state index contributed by atoms with van der Waals surface area (Å²) in [5, 5.41) is 12.4.